The molecule has 9 aromatic rings. The zero-order valence-corrected chi connectivity index (χ0v) is 44.3. The first-order valence-corrected chi connectivity index (χ1v) is 28.5. The number of hydrogen-bond donors (Lipinski definition) is 0. The van der Waals surface area contributed by atoms with E-state index in [1.807, 2.05) is 0 Å². The number of nitrogens with zero attached hydrogens (tertiary/aromatic N) is 3. The van der Waals surface area contributed by atoms with Crippen molar-refractivity contribution in [1.82, 2.24) is 0 Å². The molecule has 0 saturated heterocycles. The Balaban J connectivity index is 0.000000206. The van der Waals surface area contributed by atoms with Crippen LogP contribution in [0.5, 0.6) is 5.75 Å². The van der Waals surface area contributed by atoms with Gasteiger partial charge in [0.15, 0.2) is 5.69 Å². The van der Waals surface area contributed by atoms with E-state index in [1.54, 1.807) is 31.4 Å². The molecule has 9 heteroatoms. The van der Waals surface area contributed by atoms with E-state index in [-0.39, 0.29) is 52.8 Å². The Bertz CT molecular complexity index is 2300. The maximum Gasteiger partial charge on any atom is 0.187 e. The van der Waals surface area contributed by atoms with Crippen LogP contribution >= 0.6 is 31.7 Å². The summed E-state index contributed by atoms with van der Waals surface area (Å²) in [5, 5.41) is 23.8. The van der Waals surface area contributed by atoms with Crippen molar-refractivity contribution in [2.45, 2.75) is 0 Å². The molecule has 4 nitrogen and oxygen atoms in total. The van der Waals surface area contributed by atoms with Gasteiger partial charge in [-0.25, -0.2) is 4.85 Å². The fourth-order valence-electron chi connectivity index (χ4n) is 7.55. The van der Waals surface area contributed by atoms with E-state index in [9.17, 15) is 0 Å². The fourth-order valence-corrected chi connectivity index (χ4v) is 18.3. The van der Waals surface area contributed by atoms with Crippen molar-refractivity contribution in [1.29, 1.82) is 10.8 Å². The first kappa shape index (κ1) is 54.0. The summed E-state index contributed by atoms with van der Waals surface area (Å²) in [6.45, 7) is 6.66. The Morgan fingerprint density at radius 3 is 0.638 bits per heavy atom. The van der Waals surface area contributed by atoms with Crippen molar-refractivity contribution in [3.8, 4) is 5.75 Å². The van der Waals surface area contributed by atoms with E-state index in [4.69, 9.17) is 22.1 Å². The maximum atomic E-state index is 6.66. The van der Waals surface area contributed by atoms with Gasteiger partial charge in [0, 0.05) is 31.9 Å². The van der Waals surface area contributed by atoms with Gasteiger partial charge in [0.1, 0.15) is 5.75 Å². The molecule has 0 spiro atoms. The molecule has 0 aliphatic carbocycles. The van der Waals surface area contributed by atoms with Crippen LogP contribution < -0.4 is 47.2 Å². The van der Waals surface area contributed by atoms with E-state index in [0.29, 0.717) is 5.69 Å². The van der Waals surface area contributed by atoms with Crippen molar-refractivity contribution in [2.24, 2.45) is 0 Å². The summed E-state index contributed by atoms with van der Waals surface area (Å²) in [5.41, 5.74) is 0.640. The molecule has 342 valence electrons. The molecule has 0 fully saturated rings. The van der Waals surface area contributed by atoms with Gasteiger partial charge >= 0.3 is 0 Å². The van der Waals surface area contributed by atoms with E-state index in [1.165, 1.54) is 67.1 Å². The second-order valence-corrected chi connectivity index (χ2v) is 24.4. The maximum absolute atomic E-state index is 6.66. The van der Waals surface area contributed by atoms with Crippen LogP contribution in [0.2, 0.25) is 0 Å². The Hall–Kier alpha value is -5.90. The number of methoxy groups -OCH3 is 1. The predicted octanol–water partition coefficient (Wildman–Crippen LogP) is 12.8. The average molecular weight is 1050 g/mol. The standard InChI is InChI=1S/2C26H24P2.C8H7NO.Mo.N2/c2*1-5-13-23(14-6-1)27(24-15-7-2-8-16-24)21-22-28(25-17-9-3-10-18-25)26-19-11-4-12-20-26;1-9-7-3-5-8(10-2)6-4-7;;1-2/h2*1-20H,21-22H2;3-6H,2H3;;. The van der Waals surface area contributed by atoms with Crippen LogP contribution in [0.1, 0.15) is 0 Å². The first-order chi connectivity index (χ1) is 33.7. The first-order valence-electron chi connectivity index (χ1n) is 22.4. The number of rotatable bonds is 15. The van der Waals surface area contributed by atoms with Crippen LogP contribution in [0.25, 0.3) is 4.85 Å². The second-order valence-electron chi connectivity index (χ2n) is 15.1. The largest absolute Gasteiger partial charge is 0.497 e. The minimum atomic E-state index is -0.348. The molecular formula is C60H55MoN3OP4. The molecule has 0 unspecified atom stereocenters. The molecule has 9 aromatic carbocycles. The molecule has 69 heavy (non-hydrogen) atoms. The van der Waals surface area contributed by atoms with Gasteiger partial charge < -0.3 is 4.74 Å². The molecule has 0 heterocycles. The van der Waals surface area contributed by atoms with Crippen molar-refractivity contribution < 1.29 is 25.8 Å². The number of benzene rings is 9. The van der Waals surface area contributed by atoms with E-state index in [2.05, 4.69) is 247 Å². The van der Waals surface area contributed by atoms with Crippen LogP contribution in [0, 0.1) is 17.4 Å². The molecule has 0 N–H and O–H groups in total. The molecule has 0 bridgehead atoms. The van der Waals surface area contributed by atoms with Crippen LogP contribution in [0.4, 0.5) is 5.69 Å². The third-order valence-electron chi connectivity index (χ3n) is 10.8. The molecule has 0 radical (unpaired) electrons. The van der Waals surface area contributed by atoms with Crippen LogP contribution in [-0.2, 0) is 21.1 Å². The zero-order chi connectivity index (χ0) is 47.4. The van der Waals surface area contributed by atoms with Crippen LogP contribution in [0.3, 0.4) is 0 Å². The molecule has 9 rings (SSSR count). The van der Waals surface area contributed by atoms with Gasteiger partial charge in [0.2, 0.25) is 0 Å². The molecule has 0 atom stereocenters. The van der Waals surface area contributed by atoms with Gasteiger partial charge in [-0.2, -0.15) is 0 Å². The monoisotopic (exact) mass is 1060 g/mol. The molecule has 0 saturated carbocycles. The van der Waals surface area contributed by atoms with E-state index >= 15 is 0 Å². The number of ether oxygens (including phenoxy) is 1. The predicted molar refractivity (Wildman–Crippen MR) is 298 cm³/mol. The van der Waals surface area contributed by atoms with Crippen LogP contribution in [-0.4, -0.2) is 31.8 Å². The smallest absolute Gasteiger partial charge is 0.187 e. The summed E-state index contributed by atoms with van der Waals surface area (Å²) in [7, 11) is 0.212. The van der Waals surface area contributed by atoms with Crippen molar-refractivity contribution >= 4 is 79.8 Å². The van der Waals surface area contributed by atoms with Gasteiger partial charge in [-0.05, 0) is 111 Å². The van der Waals surface area contributed by atoms with Gasteiger partial charge in [-0.1, -0.05) is 255 Å². The Kier molecular flexibility index (Phi) is 24.5. The summed E-state index contributed by atoms with van der Waals surface area (Å²) >= 11 is 0. The average Bonchev–Trinajstić information content (AvgIpc) is 3.44. The van der Waals surface area contributed by atoms with Crippen LogP contribution in [0.15, 0.2) is 267 Å². The normalized spacial score (nSPS) is 10.2. The summed E-state index contributed by atoms with van der Waals surface area (Å²) in [5.74, 6) is 0.785. The third kappa shape index (κ3) is 17.2. The summed E-state index contributed by atoms with van der Waals surface area (Å²) < 4.78 is 4.91. The molecule has 0 aliphatic rings. The minimum Gasteiger partial charge on any atom is -0.497 e. The quantitative estimate of drug-likeness (QED) is 0.0445. The van der Waals surface area contributed by atoms with Gasteiger partial charge in [-0.15, -0.1) is 0 Å². The fraction of sp³-hybridized carbons (Fsp3) is 0.0833. The summed E-state index contributed by atoms with van der Waals surface area (Å²) in [4.78, 5) is 3.24. The second kappa shape index (κ2) is 31.3. The molecule has 0 amide bonds. The summed E-state index contributed by atoms with van der Waals surface area (Å²) in [6.07, 6.45) is 4.83. The topological polar surface area (TPSA) is 61.2 Å². The Morgan fingerprint density at radius 2 is 0.493 bits per heavy atom. The zero-order valence-electron chi connectivity index (χ0n) is 38.7. The Labute approximate surface area is 429 Å². The molecular weight excluding hydrogens is 999 g/mol. The Morgan fingerprint density at radius 1 is 0.319 bits per heavy atom. The van der Waals surface area contributed by atoms with Gasteiger partial charge in [0.25, 0.3) is 0 Å². The SMILES string of the molecule is N#N.[C-]#[N+]c1ccc(OC)cc1.[Mo].c1ccc(P(CCP(c2ccccc2)c2ccccc2)c2ccccc2)cc1.c1ccc(P(CCP(c2ccccc2)c2ccccc2)c2ccccc2)cc1. The van der Waals surface area contributed by atoms with Crippen molar-refractivity contribution in [3.63, 3.8) is 0 Å². The van der Waals surface area contributed by atoms with Gasteiger partial charge in [-0.3, -0.25) is 0 Å². The molecule has 0 aromatic heterocycles. The minimum absolute atomic E-state index is 0. The third-order valence-corrected chi connectivity index (χ3v) is 21.6. The molecule has 0 aliphatic heterocycles. The number of hydrogen-bond acceptors (Lipinski definition) is 3. The summed E-state index contributed by atoms with van der Waals surface area (Å²) in [6, 6.07) is 95.4. The van der Waals surface area contributed by atoms with Crippen molar-refractivity contribution in [3.05, 3.63) is 278 Å². The van der Waals surface area contributed by atoms with E-state index in [0.717, 1.165) is 5.75 Å². The van der Waals surface area contributed by atoms with Gasteiger partial charge in [0.05, 0.1) is 13.7 Å². The van der Waals surface area contributed by atoms with E-state index < -0.39 is 0 Å². The van der Waals surface area contributed by atoms with Crippen molar-refractivity contribution in [2.75, 3.05) is 31.8 Å².